The van der Waals surface area contributed by atoms with E-state index >= 15 is 0 Å². The van der Waals surface area contributed by atoms with Gasteiger partial charge in [0.15, 0.2) is 0 Å². The molecule has 0 aliphatic carbocycles. The van der Waals surface area contributed by atoms with Crippen molar-refractivity contribution in [3.63, 3.8) is 0 Å². The molecule has 23 heavy (non-hydrogen) atoms. The van der Waals surface area contributed by atoms with E-state index in [4.69, 9.17) is 4.74 Å². The van der Waals surface area contributed by atoms with Gasteiger partial charge < -0.3 is 9.72 Å². The molecule has 0 spiro atoms. The van der Waals surface area contributed by atoms with Gasteiger partial charge in [0.2, 0.25) is 0 Å². The molecule has 0 unspecified atom stereocenters. The van der Waals surface area contributed by atoms with Gasteiger partial charge in [-0.05, 0) is 29.8 Å². The van der Waals surface area contributed by atoms with Crippen molar-refractivity contribution in [1.29, 1.82) is 0 Å². The second-order valence-corrected chi connectivity index (χ2v) is 5.29. The Kier molecular flexibility index (Phi) is 3.53. The highest BCUT2D eigenvalue weighted by atomic mass is 16.5. The van der Waals surface area contributed by atoms with E-state index in [-0.39, 0.29) is 0 Å². The Bertz CT molecular complexity index is 895. The largest absolute Gasteiger partial charge is 0.488 e. The van der Waals surface area contributed by atoms with Crippen molar-refractivity contribution >= 4 is 11.0 Å². The van der Waals surface area contributed by atoms with Crippen LogP contribution in [0, 0.1) is 6.07 Å². The summed E-state index contributed by atoms with van der Waals surface area (Å²) >= 11 is 0. The lowest BCUT2D eigenvalue weighted by molar-refractivity contribution is 0.307. The minimum absolute atomic E-state index is 0.520. The van der Waals surface area contributed by atoms with Gasteiger partial charge in [-0.1, -0.05) is 54.6 Å². The lowest BCUT2D eigenvalue weighted by atomic mass is 10.2. The number of ether oxygens (including phenoxy) is 1. The van der Waals surface area contributed by atoms with Crippen LogP contribution in [-0.2, 0) is 6.61 Å². The average molecular weight is 299 g/mol. The Labute approximate surface area is 134 Å². The normalized spacial score (nSPS) is 10.8. The quantitative estimate of drug-likeness (QED) is 0.597. The fraction of sp³-hybridized carbons (Fsp3) is 0.0500. The summed E-state index contributed by atoms with van der Waals surface area (Å²) in [6, 6.07) is 27.1. The molecule has 1 radical (unpaired) electrons. The summed E-state index contributed by atoms with van der Waals surface area (Å²) in [6.07, 6.45) is 0. The number of para-hydroxylation sites is 2. The number of fused-ring (bicyclic) bond motifs is 1. The van der Waals surface area contributed by atoms with Crippen LogP contribution in [0.1, 0.15) is 5.56 Å². The van der Waals surface area contributed by atoms with Gasteiger partial charge in [0.05, 0.1) is 16.6 Å². The first-order chi connectivity index (χ1) is 11.4. The molecule has 1 aromatic heterocycles. The van der Waals surface area contributed by atoms with Crippen LogP contribution in [0.15, 0.2) is 72.8 Å². The van der Waals surface area contributed by atoms with Gasteiger partial charge >= 0.3 is 0 Å². The van der Waals surface area contributed by atoms with Crippen LogP contribution in [0.2, 0.25) is 0 Å². The zero-order chi connectivity index (χ0) is 15.5. The molecule has 0 saturated carbocycles. The van der Waals surface area contributed by atoms with Gasteiger partial charge in [-0.3, -0.25) is 0 Å². The number of hydrogen-bond donors (Lipinski definition) is 1. The monoisotopic (exact) mass is 299 g/mol. The number of nitrogens with one attached hydrogen (secondary N) is 1. The van der Waals surface area contributed by atoms with Crippen molar-refractivity contribution in [2.45, 2.75) is 6.61 Å². The highest BCUT2D eigenvalue weighted by molar-refractivity contribution is 5.80. The third kappa shape index (κ3) is 2.81. The zero-order valence-corrected chi connectivity index (χ0v) is 12.5. The molecule has 0 aliphatic heterocycles. The van der Waals surface area contributed by atoms with Crippen molar-refractivity contribution in [2.75, 3.05) is 0 Å². The second kappa shape index (κ2) is 5.97. The lowest BCUT2D eigenvalue weighted by Crippen LogP contribution is -1.97. The van der Waals surface area contributed by atoms with Crippen LogP contribution in [-0.4, -0.2) is 9.97 Å². The highest BCUT2D eigenvalue weighted by Crippen LogP contribution is 2.29. The first-order valence-corrected chi connectivity index (χ1v) is 7.53. The van der Waals surface area contributed by atoms with E-state index in [0.29, 0.717) is 6.61 Å². The molecule has 0 saturated heterocycles. The van der Waals surface area contributed by atoms with Crippen molar-refractivity contribution in [1.82, 2.24) is 9.97 Å². The molecule has 0 atom stereocenters. The molecule has 0 aliphatic rings. The molecule has 3 nitrogen and oxygen atoms in total. The SMILES string of the molecule is [c]1cccc(OCc2ccccc2)c1-c1nc2ccccc2[nH]1. The molecule has 4 rings (SSSR count). The van der Waals surface area contributed by atoms with Gasteiger partial charge in [-0.25, -0.2) is 4.98 Å². The Balaban J connectivity index is 1.66. The molecule has 0 amide bonds. The first-order valence-electron chi connectivity index (χ1n) is 7.53. The van der Waals surface area contributed by atoms with E-state index in [1.54, 1.807) is 0 Å². The number of nitrogens with zero attached hydrogens (tertiary/aromatic N) is 1. The van der Waals surface area contributed by atoms with E-state index in [1.807, 2.05) is 72.8 Å². The van der Waals surface area contributed by atoms with E-state index < -0.39 is 0 Å². The molecule has 1 N–H and O–H groups in total. The maximum atomic E-state index is 5.98. The standard InChI is InChI=1S/C20H15N2O/c1-2-8-15(9-3-1)14-23-19-13-7-4-10-16(19)20-21-17-11-5-6-12-18(17)22-20/h1-9,11-13H,14H2,(H,21,22). The molecular formula is C20H15N2O. The van der Waals surface area contributed by atoms with Crippen molar-refractivity contribution in [3.05, 3.63) is 84.4 Å². The Morgan fingerprint density at radius 1 is 0.913 bits per heavy atom. The smallest absolute Gasteiger partial charge is 0.142 e. The zero-order valence-electron chi connectivity index (χ0n) is 12.5. The number of rotatable bonds is 4. The number of imidazole rings is 1. The maximum Gasteiger partial charge on any atom is 0.142 e. The van der Waals surface area contributed by atoms with Gasteiger partial charge in [-0.2, -0.15) is 0 Å². The minimum atomic E-state index is 0.520. The van der Waals surface area contributed by atoms with E-state index in [9.17, 15) is 0 Å². The van der Waals surface area contributed by atoms with Crippen LogP contribution < -0.4 is 4.74 Å². The minimum Gasteiger partial charge on any atom is -0.488 e. The number of aromatic amines is 1. The molecule has 0 bridgehead atoms. The van der Waals surface area contributed by atoms with Crippen molar-refractivity contribution in [2.24, 2.45) is 0 Å². The lowest BCUT2D eigenvalue weighted by Gasteiger charge is -2.09. The maximum absolute atomic E-state index is 5.98. The summed E-state index contributed by atoms with van der Waals surface area (Å²) in [5.41, 5.74) is 3.93. The molecule has 4 aromatic rings. The van der Waals surface area contributed by atoms with Gasteiger partial charge in [0, 0.05) is 0 Å². The third-order valence-electron chi connectivity index (χ3n) is 3.68. The Morgan fingerprint density at radius 2 is 1.74 bits per heavy atom. The topological polar surface area (TPSA) is 37.9 Å². The van der Waals surface area contributed by atoms with Crippen LogP contribution in [0.4, 0.5) is 0 Å². The van der Waals surface area contributed by atoms with E-state index in [0.717, 1.165) is 33.7 Å². The molecular weight excluding hydrogens is 284 g/mol. The molecule has 3 heteroatoms. The average Bonchev–Trinajstić information content (AvgIpc) is 3.05. The summed E-state index contributed by atoms with van der Waals surface area (Å²) in [5.74, 6) is 1.55. The summed E-state index contributed by atoms with van der Waals surface area (Å²) < 4.78 is 5.98. The highest BCUT2D eigenvalue weighted by Gasteiger charge is 2.10. The van der Waals surface area contributed by atoms with E-state index in [1.165, 1.54) is 0 Å². The summed E-state index contributed by atoms with van der Waals surface area (Å²) in [5, 5.41) is 0. The van der Waals surface area contributed by atoms with Crippen LogP contribution in [0.25, 0.3) is 22.4 Å². The third-order valence-corrected chi connectivity index (χ3v) is 3.68. The number of hydrogen-bond acceptors (Lipinski definition) is 2. The Morgan fingerprint density at radius 3 is 2.61 bits per heavy atom. The molecule has 1 heterocycles. The van der Waals surface area contributed by atoms with Crippen LogP contribution in [0.3, 0.4) is 0 Å². The predicted octanol–water partition coefficient (Wildman–Crippen LogP) is 4.61. The fourth-order valence-electron chi connectivity index (χ4n) is 2.53. The van der Waals surface area contributed by atoms with Gasteiger partial charge in [0.25, 0.3) is 0 Å². The second-order valence-electron chi connectivity index (χ2n) is 5.29. The summed E-state index contributed by atoms with van der Waals surface area (Å²) in [7, 11) is 0. The van der Waals surface area contributed by atoms with Crippen molar-refractivity contribution < 1.29 is 4.74 Å². The first kappa shape index (κ1) is 13.6. The van der Waals surface area contributed by atoms with E-state index in [2.05, 4.69) is 16.0 Å². The summed E-state index contributed by atoms with van der Waals surface area (Å²) in [4.78, 5) is 7.96. The number of aromatic nitrogens is 2. The fourth-order valence-corrected chi connectivity index (χ4v) is 2.53. The number of H-pyrrole nitrogens is 1. The predicted molar refractivity (Wildman–Crippen MR) is 91.1 cm³/mol. The van der Waals surface area contributed by atoms with Crippen LogP contribution >= 0.6 is 0 Å². The molecule has 111 valence electrons. The van der Waals surface area contributed by atoms with Gasteiger partial charge in [0.1, 0.15) is 18.2 Å². The van der Waals surface area contributed by atoms with Crippen molar-refractivity contribution in [3.8, 4) is 17.1 Å². The molecule has 0 fully saturated rings. The Hall–Kier alpha value is -3.07. The molecule has 3 aromatic carbocycles. The van der Waals surface area contributed by atoms with Gasteiger partial charge in [-0.15, -0.1) is 0 Å². The summed E-state index contributed by atoms with van der Waals surface area (Å²) in [6.45, 7) is 0.520. The number of benzene rings is 3. The van der Waals surface area contributed by atoms with Crippen LogP contribution in [0.5, 0.6) is 5.75 Å².